The highest BCUT2D eigenvalue weighted by Crippen LogP contribution is 2.23. The average Bonchev–Trinajstić information content (AvgIpc) is 2.19. The summed E-state index contributed by atoms with van der Waals surface area (Å²) in [4.78, 5) is 13.8. The minimum atomic E-state index is -0.131. The van der Waals surface area contributed by atoms with Crippen LogP contribution in [0.25, 0.3) is 0 Å². The van der Waals surface area contributed by atoms with Crippen molar-refractivity contribution in [2.45, 2.75) is 33.6 Å². The molecule has 0 aromatic heterocycles. The van der Waals surface area contributed by atoms with E-state index in [1.165, 1.54) is 0 Å². The summed E-state index contributed by atoms with van der Waals surface area (Å²) in [5.41, 5.74) is -0.131. The summed E-state index contributed by atoms with van der Waals surface area (Å²) in [7, 11) is 0. The lowest BCUT2D eigenvalue weighted by Gasteiger charge is -2.28. The van der Waals surface area contributed by atoms with Crippen molar-refractivity contribution in [1.82, 2.24) is 10.2 Å². The van der Waals surface area contributed by atoms with Gasteiger partial charge in [0.25, 0.3) is 0 Å². The van der Waals surface area contributed by atoms with E-state index in [0.717, 1.165) is 45.6 Å². The molecule has 3 nitrogen and oxygen atoms in total. The zero-order chi connectivity index (χ0) is 11.3. The summed E-state index contributed by atoms with van der Waals surface area (Å²) in [5, 5.41) is 3.34. The van der Waals surface area contributed by atoms with Crippen LogP contribution in [0.4, 0.5) is 0 Å². The van der Waals surface area contributed by atoms with Gasteiger partial charge in [-0.3, -0.25) is 4.79 Å². The Hall–Kier alpha value is -0.410. The number of carbonyl (C=O) groups excluding carboxylic acids is 1. The molecule has 0 spiro atoms. The summed E-state index contributed by atoms with van der Waals surface area (Å²) < 4.78 is 0. The fourth-order valence-corrected chi connectivity index (χ4v) is 1.86. The quantitative estimate of drug-likeness (QED) is 0.745. The predicted octanol–water partition coefficient (Wildman–Crippen LogP) is 1.29. The molecule has 1 aliphatic rings. The lowest BCUT2D eigenvalue weighted by Crippen LogP contribution is -2.43. The molecule has 1 N–H and O–H groups in total. The predicted molar refractivity (Wildman–Crippen MR) is 63.0 cm³/mol. The molecule has 0 aromatic carbocycles. The first kappa shape index (κ1) is 12.7. The third kappa shape index (κ3) is 4.31. The van der Waals surface area contributed by atoms with Crippen LogP contribution in [0.5, 0.6) is 0 Å². The van der Waals surface area contributed by atoms with E-state index in [2.05, 4.69) is 10.2 Å². The molecule has 0 atom stereocenters. The normalized spacial score (nSPS) is 19.1. The van der Waals surface area contributed by atoms with Crippen LogP contribution in [0.15, 0.2) is 0 Å². The van der Waals surface area contributed by atoms with Gasteiger partial charge in [0.15, 0.2) is 0 Å². The van der Waals surface area contributed by atoms with Gasteiger partial charge in [-0.05, 0) is 26.3 Å². The minimum absolute atomic E-state index is 0.131. The van der Waals surface area contributed by atoms with Crippen LogP contribution in [0.2, 0.25) is 0 Å². The summed E-state index contributed by atoms with van der Waals surface area (Å²) in [5.74, 6) is 0.308. The highest BCUT2D eigenvalue weighted by Gasteiger charge is 2.23. The Morgan fingerprint density at radius 2 is 1.93 bits per heavy atom. The van der Waals surface area contributed by atoms with E-state index in [1.54, 1.807) is 6.92 Å². The highest BCUT2D eigenvalue weighted by molar-refractivity contribution is 5.81. The molecule has 0 bridgehead atoms. The molecule has 88 valence electrons. The van der Waals surface area contributed by atoms with Crippen LogP contribution in [0.3, 0.4) is 0 Å². The van der Waals surface area contributed by atoms with Crippen molar-refractivity contribution in [3.8, 4) is 0 Å². The summed E-state index contributed by atoms with van der Waals surface area (Å²) in [6.45, 7) is 11.5. The number of rotatable bonds is 5. The van der Waals surface area contributed by atoms with E-state index in [1.807, 2.05) is 13.8 Å². The molecule has 0 radical (unpaired) electrons. The number of carbonyl (C=O) groups is 1. The van der Waals surface area contributed by atoms with Gasteiger partial charge in [0, 0.05) is 31.6 Å². The summed E-state index contributed by atoms with van der Waals surface area (Å²) in [6.07, 6.45) is 2.14. The SMILES string of the molecule is CC(=O)C(C)(C)CCCN1CCNCC1. The first-order valence-corrected chi connectivity index (χ1v) is 5.96. The van der Waals surface area contributed by atoms with E-state index in [9.17, 15) is 4.79 Å². The number of hydrogen-bond acceptors (Lipinski definition) is 3. The van der Waals surface area contributed by atoms with E-state index in [-0.39, 0.29) is 5.41 Å². The molecule has 1 aliphatic heterocycles. The van der Waals surface area contributed by atoms with E-state index < -0.39 is 0 Å². The first-order valence-electron chi connectivity index (χ1n) is 5.96. The molecular formula is C12H24N2O. The van der Waals surface area contributed by atoms with Crippen molar-refractivity contribution in [2.24, 2.45) is 5.41 Å². The van der Waals surface area contributed by atoms with Crippen molar-refractivity contribution in [3.63, 3.8) is 0 Å². The van der Waals surface area contributed by atoms with Gasteiger partial charge in [0.1, 0.15) is 5.78 Å². The topological polar surface area (TPSA) is 32.3 Å². The van der Waals surface area contributed by atoms with Gasteiger partial charge < -0.3 is 10.2 Å². The maximum atomic E-state index is 11.3. The van der Waals surface area contributed by atoms with Gasteiger partial charge in [-0.1, -0.05) is 13.8 Å². The molecule has 1 heterocycles. The maximum Gasteiger partial charge on any atom is 0.135 e. The zero-order valence-electron chi connectivity index (χ0n) is 10.3. The second-order valence-corrected chi connectivity index (χ2v) is 5.14. The van der Waals surface area contributed by atoms with Crippen molar-refractivity contribution in [3.05, 3.63) is 0 Å². The van der Waals surface area contributed by atoms with Gasteiger partial charge >= 0.3 is 0 Å². The van der Waals surface area contributed by atoms with Gasteiger partial charge in [0.2, 0.25) is 0 Å². The van der Waals surface area contributed by atoms with Crippen molar-refractivity contribution in [1.29, 1.82) is 0 Å². The lowest BCUT2D eigenvalue weighted by molar-refractivity contribution is -0.125. The molecule has 3 heteroatoms. The Kier molecular flexibility index (Phi) is 4.74. The molecular weight excluding hydrogens is 188 g/mol. The highest BCUT2D eigenvalue weighted by atomic mass is 16.1. The van der Waals surface area contributed by atoms with E-state index in [4.69, 9.17) is 0 Å². The number of nitrogens with zero attached hydrogens (tertiary/aromatic N) is 1. The Labute approximate surface area is 93.2 Å². The Morgan fingerprint density at radius 3 is 2.47 bits per heavy atom. The Balaban J connectivity index is 2.17. The molecule has 0 unspecified atom stereocenters. The fraction of sp³-hybridized carbons (Fsp3) is 0.917. The Bertz CT molecular complexity index is 208. The second-order valence-electron chi connectivity index (χ2n) is 5.14. The standard InChI is InChI=1S/C12H24N2O/c1-11(15)12(2,3)5-4-8-14-9-6-13-7-10-14/h13H,4-10H2,1-3H3. The first-order chi connectivity index (χ1) is 7.02. The van der Waals surface area contributed by atoms with Gasteiger partial charge in [-0.2, -0.15) is 0 Å². The molecule has 0 aromatic rings. The van der Waals surface area contributed by atoms with Crippen LogP contribution in [0.1, 0.15) is 33.6 Å². The van der Waals surface area contributed by atoms with E-state index in [0.29, 0.717) is 5.78 Å². The molecule has 1 saturated heterocycles. The van der Waals surface area contributed by atoms with Gasteiger partial charge in [-0.25, -0.2) is 0 Å². The average molecular weight is 212 g/mol. The largest absolute Gasteiger partial charge is 0.314 e. The number of Topliss-reactive ketones (excluding diaryl/α,β-unsaturated/α-hetero) is 1. The smallest absolute Gasteiger partial charge is 0.135 e. The summed E-state index contributed by atoms with van der Waals surface area (Å²) >= 11 is 0. The Morgan fingerprint density at radius 1 is 1.33 bits per heavy atom. The van der Waals surface area contributed by atoms with Crippen LogP contribution >= 0.6 is 0 Å². The van der Waals surface area contributed by atoms with E-state index >= 15 is 0 Å². The summed E-state index contributed by atoms with van der Waals surface area (Å²) in [6, 6.07) is 0. The van der Waals surface area contributed by atoms with Gasteiger partial charge in [-0.15, -0.1) is 0 Å². The molecule has 0 amide bonds. The number of piperazine rings is 1. The lowest BCUT2D eigenvalue weighted by atomic mass is 9.84. The van der Waals surface area contributed by atoms with Crippen LogP contribution in [0, 0.1) is 5.41 Å². The molecule has 0 saturated carbocycles. The van der Waals surface area contributed by atoms with Crippen LogP contribution < -0.4 is 5.32 Å². The minimum Gasteiger partial charge on any atom is -0.314 e. The second kappa shape index (κ2) is 5.61. The van der Waals surface area contributed by atoms with Crippen LogP contribution in [-0.4, -0.2) is 43.4 Å². The van der Waals surface area contributed by atoms with Crippen molar-refractivity contribution in [2.75, 3.05) is 32.7 Å². The third-order valence-electron chi connectivity index (χ3n) is 3.44. The molecule has 15 heavy (non-hydrogen) atoms. The molecule has 1 rings (SSSR count). The zero-order valence-corrected chi connectivity index (χ0v) is 10.3. The fourth-order valence-electron chi connectivity index (χ4n) is 1.86. The number of ketones is 1. The number of nitrogens with one attached hydrogen (secondary N) is 1. The third-order valence-corrected chi connectivity index (χ3v) is 3.44. The number of hydrogen-bond donors (Lipinski definition) is 1. The van der Waals surface area contributed by atoms with Crippen molar-refractivity contribution >= 4 is 5.78 Å². The maximum absolute atomic E-state index is 11.3. The van der Waals surface area contributed by atoms with Crippen molar-refractivity contribution < 1.29 is 4.79 Å². The monoisotopic (exact) mass is 212 g/mol. The molecule has 0 aliphatic carbocycles. The molecule has 1 fully saturated rings. The van der Waals surface area contributed by atoms with Gasteiger partial charge in [0.05, 0.1) is 0 Å². The van der Waals surface area contributed by atoms with Crippen LogP contribution in [-0.2, 0) is 4.79 Å².